The van der Waals surface area contributed by atoms with E-state index in [1.807, 2.05) is 0 Å². The highest BCUT2D eigenvalue weighted by molar-refractivity contribution is 5.96. The molecule has 0 saturated carbocycles. The number of para-hydroxylation sites is 1. The molecule has 0 N–H and O–H groups in total. The van der Waals surface area contributed by atoms with E-state index in [0.717, 1.165) is 0 Å². The van der Waals surface area contributed by atoms with Gasteiger partial charge in [0.25, 0.3) is 5.56 Å². The first-order chi connectivity index (χ1) is 9.22. The average Bonchev–Trinajstić information content (AvgIpc) is 2.46. The summed E-state index contributed by atoms with van der Waals surface area (Å²) >= 11 is 0. The number of rotatable bonds is 1. The molecule has 0 radical (unpaired) electrons. The fraction of sp³-hybridized carbons (Fsp3) is 0.0714. The van der Waals surface area contributed by atoms with Crippen LogP contribution in [0.1, 0.15) is 10.4 Å². The summed E-state index contributed by atoms with van der Waals surface area (Å²) in [6, 6.07) is 10.2. The predicted octanol–water partition coefficient (Wildman–Crippen LogP) is 1.63. The maximum absolute atomic E-state index is 12.3. The molecule has 2 aromatic heterocycles. The highest BCUT2D eigenvalue weighted by atomic mass is 16.5. The van der Waals surface area contributed by atoms with Crippen molar-refractivity contribution in [1.82, 2.24) is 9.38 Å². The number of carbonyl (C=O) groups excluding carboxylic acids is 1. The van der Waals surface area contributed by atoms with Crippen molar-refractivity contribution in [3.05, 3.63) is 58.5 Å². The normalized spacial score (nSPS) is 10.8. The molecule has 5 nitrogen and oxygen atoms in total. The summed E-state index contributed by atoms with van der Waals surface area (Å²) in [5.41, 5.74) is 0.932. The molecule has 0 bridgehead atoms. The van der Waals surface area contributed by atoms with Crippen LogP contribution in [0.3, 0.4) is 0 Å². The Morgan fingerprint density at radius 2 is 2.00 bits per heavy atom. The highest BCUT2D eigenvalue weighted by Crippen LogP contribution is 2.13. The van der Waals surface area contributed by atoms with Crippen molar-refractivity contribution in [1.29, 1.82) is 0 Å². The Balaban J connectivity index is 2.51. The van der Waals surface area contributed by atoms with Gasteiger partial charge in [-0.3, -0.25) is 9.20 Å². The lowest BCUT2D eigenvalue weighted by atomic mass is 10.2. The summed E-state index contributed by atoms with van der Waals surface area (Å²) < 4.78 is 6.06. The van der Waals surface area contributed by atoms with Crippen molar-refractivity contribution < 1.29 is 9.53 Å². The topological polar surface area (TPSA) is 60.7 Å². The molecule has 0 unspecified atom stereocenters. The minimum absolute atomic E-state index is 0.202. The molecule has 2 heterocycles. The minimum Gasteiger partial charge on any atom is -0.465 e. The molecule has 19 heavy (non-hydrogen) atoms. The van der Waals surface area contributed by atoms with Gasteiger partial charge in [-0.05, 0) is 24.3 Å². The Morgan fingerprint density at radius 3 is 2.79 bits per heavy atom. The minimum atomic E-state index is -0.514. The van der Waals surface area contributed by atoms with Crippen LogP contribution in [0.5, 0.6) is 0 Å². The molecule has 5 heteroatoms. The SMILES string of the molecule is COC(=O)c1cccn2c(=O)c3ccccc3nc12. The molecule has 0 fully saturated rings. The monoisotopic (exact) mass is 254 g/mol. The van der Waals surface area contributed by atoms with Crippen molar-refractivity contribution >= 4 is 22.5 Å². The van der Waals surface area contributed by atoms with Gasteiger partial charge < -0.3 is 4.74 Å². The zero-order valence-electron chi connectivity index (χ0n) is 10.2. The van der Waals surface area contributed by atoms with E-state index in [-0.39, 0.29) is 11.1 Å². The van der Waals surface area contributed by atoms with E-state index in [4.69, 9.17) is 4.74 Å². The number of hydrogen-bond donors (Lipinski definition) is 0. The Kier molecular flexibility index (Phi) is 2.52. The first-order valence-corrected chi connectivity index (χ1v) is 5.71. The van der Waals surface area contributed by atoms with Gasteiger partial charge >= 0.3 is 5.97 Å². The van der Waals surface area contributed by atoms with Crippen LogP contribution in [0.15, 0.2) is 47.4 Å². The Bertz CT molecular complexity index is 852. The number of methoxy groups -OCH3 is 1. The quantitative estimate of drug-likeness (QED) is 0.489. The van der Waals surface area contributed by atoms with Crippen LogP contribution >= 0.6 is 0 Å². The van der Waals surface area contributed by atoms with E-state index < -0.39 is 5.97 Å². The zero-order chi connectivity index (χ0) is 13.4. The molecule has 3 aromatic rings. The van der Waals surface area contributed by atoms with E-state index in [9.17, 15) is 9.59 Å². The molecule has 0 aliphatic rings. The lowest BCUT2D eigenvalue weighted by molar-refractivity contribution is 0.0602. The van der Waals surface area contributed by atoms with E-state index in [1.54, 1.807) is 42.6 Å². The molecular weight excluding hydrogens is 244 g/mol. The summed E-state index contributed by atoms with van der Waals surface area (Å²) in [4.78, 5) is 28.4. The van der Waals surface area contributed by atoms with Gasteiger partial charge in [0.2, 0.25) is 0 Å². The van der Waals surface area contributed by atoms with Crippen LogP contribution in [-0.4, -0.2) is 22.5 Å². The first kappa shape index (κ1) is 11.4. The lowest BCUT2D eigenvalue weighted by Gasteiger charge is -2.06. The lowest BCUT2D eigenvalue weighted by Crippen LogP contribution is -2.17. The van der Waals surface area contributed by atoms with Gasteiger partial charge in [-0.25, -0.2) is 9.78 Å². The third-order valence-electron chi connectivity index (χ3n) is 2.95. The number of benzene rings is 1. The van der Waals surface area contributed by atoms with Crippen LogP contribution in [0, 0.1) is 0 Å². The number of hydrogen-bond acceptors (Lipinski definition) is 4. The number of carbonyl (C=O) groups is 1. The van der Waals surface area contributed by atoms with E-state index in [2.05, 4.69) is 4.98 Å². The molecule has 0 spiro atoms. The number of nitrogens with zero attached hydrogens (tertiary/aromatic N) is 2. The van der Waals surface area contributed by atoms with Crippen LogP contribution in [0.25, 0.3) is 16.6 Å². The van der Waals surface area contributed by atoms with Crippen LogP contribution in [-0.2, 0) is 4.74 Å². The van der Waals surface area contributed by atoms with Crippen molar-refractivity contribution in [2.45, 2.75) is 0 Å². The highest BCUT2D eigenvalue weighted by Gasteiger charge is 2.13. The van der Waals surface area contributed by atoms with Crippen LogP contribution in [0.4, 0.5) is 0 Å². The maximum atomic E-state index is 12.3. The molecule has 0 aliphatic heterocycles. The van der Waals surface area contributed by atoms with Crippen molar-refractivity contribution in [3.8, 4) is 0 Å². The second-order valence-electron chi connectivity index (χ2n) is 4.04. The predicted molar refractivity (Wildman–Crippen MR) is 70.3 cm³/mol. The van der Waals surface area contributed by atoms with E-state index >= 15 is 0 Å². The molecular formula is C14H10N2O3. The van der Waals surface area contributed by atoms with Gasteiger partial charge in [-0.2, -0.15) is 0 Å². The Morgan fingerprint density at radius 1 is 1.21 bits per heavy atom. The molecule has 1 aromatic carbocycles. The third-order valence-corrected chi connectivity index (χ3v) is 2.95. The summed E-state index contributed by atoms with van der Waals surface area (Å²) in [6.07, 6.45) is 1.59. The standard InChI is InChI=1S/C14H10N2O3/c1-19-14(18)10-6-4-8-16-12(10)15-11-7-3-2-5-9(11)13(16)17/h2-8H,1H3. The Labute approximate surface area is 108 Å². The first-order valence-electron chi connectivity index (χ1n) is 5.71. The number of esters is 1. The van der Waals surface area contributed by atoms with Gasteiger partial charge in [0.05, 0.1) is 18.0 Å². The van der Waals surface area contributed by atoms with Crippen molar-refractivity contribution in [2.24, 2.45) is 0 Å². The molecule has 0 saturated heterocycles. The van der Waals surface area contributed by atoms with Crippen molar-refractivity contribution in [2.75, 3.05) is 7.11 Å². The van der Waals surface area contributed by atoms with Gasteiger partial charge in [-0.1, -0.05) is 12.1 Å². The number of ether oxygens (including phenoxy) is 1. The third kappa shape index (κ3) is 1.67. The fourth-order valence-electron chi connectivity index (χ4n) is 2.04. The summed E-state index contributed by atoms with van der Waals surface area (Å²) in [5, 5.41) is 0.516. The molecule has 94 valence electrons. The fourth-order valence-corrected chi connectivity index (χ4v) is 2.04. The van der Waals surface area contributed by atoms with Gasteiger partial charge in [-0.15, -0.1) is 0 Å². The summed E-state index contributed by atoms with van der Waals surface area (Å²) in [7, 11) is 1.30. The van der Waals surface area contributed by atoms with Crippen molar-refractivity contribution in [3.63, 3.8) is 0 Å². The van der Waals surface area contributed by atoms with Gasteiger partial charge in [0, 0.05) is 6.20 Å². The number of aromatic nitrogens is 2. The van der Waals surface area contributed by atoms with Crippen LogP contribution in [0.2, 0.25) is 0 Å². The number of pyridine rings is 1. The number of fused-ring (bicyclic) bond motifs is 2. The van der Waals surface area contributed by atoms with Gasteiger partial charge in [0.1, 0.15) is 5.56 Å². The molecule has 0 aliphatic carbocycles. The molecule has 0 atom stereocenters. The summed E-state index contributed by atoms with van der Waals surface area (Å²) in [6.45, 7) is 0. The molecule has 3 rings (SSSR count). The smallest absolute Gasteiger partial charge is 0.341 e. The van der Waals surface area contributed by atoms with Crippen LogP contribution < -0.4 is 5.56 Å². The van der Waals surface area contributed by atoms with Gasteiger partial charge in [0.15, 0.2) is 5.65 Å². The van der Waals surface area contributed by atoms with E-state index in [0.29, 0.717) is 16.6 Å². The second kappa shape index (κ2) is 4.20. The second-order valence-corrected chi connectivity index (χ2v) is 4.04. The molecule has 0 amide bonds. The summed E-state index contributed by atoms with van der Waals surface area (Å²) in [5.74, 6) is -0.514. The van der Waals surface area contributed by atoms with E-state index in [1.165, 1.54) is 11.5 Å². The maximum Gasteiger partial charge on any atom is 0.341 e. The zero-order valence-corrected chi connectivity index (χ0v) is 10.2. The largest absolute Gasteiger partial charge is 0.465 e. The Hall–Kier alpha value is -2.69. The average molecular weight is 254 g/mol.